The predicted molar refractivity (Wildman–Crippen MR) is 387 cm³/mol. The Balaban J connectivity index is 0.000000213. The van der Waals surface area contributed by atoms with Gasteiger partial charge in [0, 0.05) is 77.8 Å². The second-order valence-electron chi connectivity index (χ2n) is 20.9. The van der Waals surface area contributed by atoms with Gasteiger partial charge in [-0.05, 0) is 84.9 Å². The van der Waals surface area contributed by atoms with E-state index in [1.807, 2.05) is 6.07 Å². The van der Waals surface area contributed by atoms with E-state index in [9.17, 15) is 55.6 Å². The summed E-state index contributed by atoms with van der Waals surface area (Å²) in [4.78, 5) is 74.6. The molecule has 0 spiro atoms. The first-order valence-electron chi connectivity index (χ1n) is 29.5. The minimum Gasteiger partial charge on any atom is -0.554 e. The number of nitrogens with zero attached hydrogens (tertiary/aromatic N) is 9. The molecule has 3 heterocycles. The van der Waals surface area contributed by atoms with Crippen LogP contribution >= 0.6 is 0 Å². The van der Waals surface area contributed by atoms with Crippen LogP contribution in [0.15, 0.2) is 215 Å². The third kappa shape index (κ3) is 21.6. The minimum absolute atomic E-state index is 0. The molecule has 3 aromatic heterocycles. The van der Waals surface area contributed by atoms with Crippen LogP contribution in [0.4, 0.5) is 86.1 Å². The number of aromatic nitrogens is 6. The van der Waals surface area contributed by atoms with Gasteiger partial charge in [0.25, 0.3) is 53.6 Å². The molecule has 13 N–H and O–H groups in total. The Hall–Kier alpha value is -12.8. The number of nitro benzene ring substituents is 3. The summed E-state index contributed by atoms with van der Waals surface area (Å²) in [6.07, 6.45) is 0. The second kappa shape index (κ2) is 36.4. The number of methoxy groups -OCH3 is 3. The molecule has 41 heteroatoms. The molecule has 0 fully saturated rings. The monoisotopic (exact) mass is 1530 g/mol. The zero-order chi connectivity index (χ0) is 76.2. The van der Waals surface area contributed by atoms with Gasteiger partial charge in [-0.25, -0.2) is 55.2 Å². The summed E-state index contributed by atoms with van der Waals surface area (Å²) >= 11 is 0. The van der Waals surface area contributed by atoms with E-state index < -0.39 is 57.0 Å². The van der Waals surface area contributed by atoms with Crippen molar-refractivity contribution in [3.8, 4) is 17.2 Å². The third-order valence-corrected chi connectivity index (χ3v) is 17.7. The van der Waals surface area contributed by atoms with Crippen molar-refractivity contribution in [1.29, 1.82) is 0 Å². The largest absolute Gasteiger partial charge is 1.00 e. The number of nitrogen functional groups attached to an aromatic ring is 3. The first kappa shape index (κ1) is 80.5. The van der Waals surface area contributed by atoms with Gasteiger partial charge in [-0.3, -0.25) is 49.3 Å². The average molecular weight is 1530 g/mol. The van der Waals surface area contributed by atoms with E-state index in [0.717, 1.165) is 12.1 Å². The predicted octanol–water partition coefficient (Wildman–Crippen LogP) is 6.09. The Kier molecular flexibility index (Phi) is 27.6. The fourth-order valence-electron chi connectivity index (χ4n) is 9.14. The molecule has 9 aromatic carbocycles. The molecule has 0 atom stereocenters. The Morgan fingerprint density at radius 2 is 0.651 bits per heavy atom. The number of carbonyl (C=O) groups excluding carboxylic acids is 1. The number of nitrogens with two attached hydrogens (primary N) is 3. The number of para-hydroxylation sites is 6. The topological polar surface area (TPSA) is 565 Å². The summed E-state index contributed by atoms with van der Waals surface area (Å²) in [7, 11) is -8.09. The van der Waals surface area contributed by atoms with E-state index in [4.69, 9.17) is 51.2 Å². The number of carbonyl (C=O) groups is 2. The minimum atomic E-state index is -4.32. The SMILES string of the molecule is COc1cc(N)cc(Nc2nc3ccccc3nc2NS(=O)(=O)c2cccc(N)c2)c1.COc1cc(Nc2nc3ccccc3nc2NS(=O)(=O)c2cccc(N)c2)cc([N+](=O)[O-])c1.COc1cc(Nc2nc3ccccc3nc2NS(=O)(=O)c2cccc([N+](=O)[O-])c2)cc([N+](=O)[O-])c1.O=CO.O=C[O-].[K+]. The van der Waals surface area contributed by atoms with Crippen molar-refractivity contribution in [2.24, 2.45) is 0 Å². The van der Waals surface area contributed by atoms with Crippen molar-refractivity contribution >= 4 is 162 Å². The van der Waals surface area contributed by atoms with Crippen LogP contribution in [0, 0.1) is 30.3 Å². The molecule has 12 rings (SSSR count). The van der Waals surface area contributed by atoms with E-state index in [2.05, 4.69) is 60.0 Å². The van der Waals surface area contributed by atoms with Gasteiger partial charge in [-0.1, -0.05) is 54.6 Å². The van der Waals surface area contributed by atoms with E-state index in [1.165, 1.54) is 100 Å². The molecule has 37 nitrogen and oxygen atoms in total. The number of anilines is 12. The number of non-ortho nitro benzene ring substituents is 3. The third-order valence-electron chi connectivity index (χ3n) is 13.7. The molecule has 106 heavy (non-hydrogen) atoms. The van der Waals surface area contributed by atoms with Crippen molar-refractivity contribution in [3.63, 3.8) is 0 Å². The maximum Gasteiger partial charge on any atom is 1.00 e. The quantitative estimate of drug-likeness (QED) is 0.0128. The van der Waals surface area contributed by atoms with Gasteiger partial charge in [0.05, 0.1) is 107 Å². The number of rotatable bonds is 21. The first-order chi connectivity index (χ1) is 50.1. The zero-order valence-corrected chi connectivity index (χ0v) is 61.1. The molecule has 0 saturated carbocycles. The summed E-state index contributed by atoms with van der Waals surface area (Å²) in [5.74, 6) is 0.877. The Bertz CT molecular complexity index is 5620. The van der Waals surface area contributed by atoms with Crippen molar-refractivity contribution in [3.05, 3.63) is 231 Å². The maximum atomic E-state index is 13.0. The number of sulfonamides is 3. The van der Waals surface area contributed by atoms with E-state index in [1.54, 1.807) is 103 Å². The molecule has 0 amide bonds. The number of hydrogen-bond donors (Lipinski definition) is 10. The van der Waals surface area contributed by atoms with E-state index in [-0.39, 0.29) is 147 Å². The summed E-state index contributed by atoms with van der Waals surface area (Å²) in [6.45, 7) is -0.750. The molecule has 12 aromatic rings. The van der Waals surface area contributed by atoms with Crippen LogP contribution in [0.3, 0.4) is 0 Å². The van der Waals surface area contributed by atoms with Crippen LogP contribution in [0.1, 0.15) is 0 Å². The maximum absolute atomic E-state index is 13.0. The van der Waals surface area contributed by atoms with Crippen molar-refractivity contribution < 1.29 is 125 Å². The number of ether oxygens (including phenoxy) is 3. The molecule has 0 radical (unpaired) electrons. The van der Waals surface area contributed by atoms with Crippen LogP contribution in [0.2, 0.25) is 0 Å². The molecular weight excluding hydrogens is 1470 g/mol. The van der Waals surface area contributed by atoms with Crippen LogP contribution in [-0.4, -0.2) is 109 Å². The van der Waals surface area contributed by atoms with Crippen LogP contribution in [0.5, 0.6) is 17.2 Å². The standard InChI is InChI=1S/C21H16N6O7S.C21H18N6O5S.C21H20N6O3S.2CH2O2.K/c1-34-16-10-13(9-15(11-16)27(30)31)22-20-21(24-19-8-3-2-7-18(19)23-20)25-35(32,33)17-6-4-5-14(12-17)26(28)29;1-32-16-11-14(10-15(12-16)27(28)29)23-20-21(25-19-8-3-2-7-18(19)24-20)26-33(30,31)17-6-4-5-13(22)9-17;1-30-16-10-14(23)9-15(12-16)24-20-21(26-19-8-3-2-7-18(19)25-20)27-31(28,29)17-6-4-5-13(22)11-17;2*2-1-3;/h2-12H,1H3,(H,22,23)(H,24,25);2-12H,22H2,1H3,(H,23,24)(H,25,26);2-12H,22-23H2,1H3,(H,24,25)(H,26,27);2*1H,(H,2,3);/q;;;;;+1/p-1. The molecular formula is C65H57KN18O19S3. The normalized spacial score (nSPS) is 10.7. The van der Waals surface area contributed by atoms with Crippen molar-refractivity contribution in [1.82, 2.24) is 29.9 Å². The van der Waals surface area contributed by atoms with Crippen molar-refractivity contribution in [2.75, 3.05) is 68.6 Å². The fourth-order valence-corrected chi connectivity index (χ4v) is 12.3. The Morgan fingerprint density at radius 1 is 0.377 bits per heavy atom. The summed E-state index contributed by atoms with van der Waals surface area (Å²) < 4.78 is 101. The van der Waals surface area contributed by atoms with Gasteiger partial charge >= 0.3 is 51.4 Å². The van der Waals surface area contributed by atoms with Crippen LogP contribution in [0.25, 0.3) is 33.1 Å². The van der Waals surface area contributed by atoms with E-state index in [0.29, 0.717) is 55.9 Å². The van der Waals surface area contributed by atoms with E-state index >= 15 is 0 Å². The summed E-state index contributed by atoms with van der Waals surface area (Å²) in [5, 5.41) is 57.6. The molecule has 0 aliphatic carbocycles. The second-order valence-corrected chi connectivity index (χ2v) is 25.9. The number of fused-ring (bicyclic) bond motifs is 3. The summed E-state index contributed by atoms with van der Waals surface area (Å²) in [6, 6.07) is 50.0. The summed E-state index contributed by atoms with van der Waals surface area (Å²) in [5.41, 5.74) is 21.5. The van der Waals surface area contributed by atoms with Crippen LogP contribution < -0.4 is 118 Å². The van der Waals surface area contributed by atoms with Gasteiger partial charge in [0.1, 0.15) is 17.2 Å². The number of benzene rings is 9. The Morgan fingerprint density at radius 3 is 0.943 bits per heavy atom. The van der Waals surface area contributed by atoms with Gasteiger partial charge in [-0.2, -0.15) is 0 Å². The number of carboxylic acid groups (broad SMARTS) is 2. The molecule has 0 aliphatic rings. The average Bonchev–Trinajstić information content (AvgIpc) is 0.796. The van der Waals surface area contributed by atoms with Gasteiger partial charge < -0.3 is 62.4 Å². The smallest absolute Gasteiger partial charge is 0.554 e. The fraction of sp³-hybridized carbons (Fsp3) is 0.0462. The van der Waals surface area contributed by atoms with Crippen molar-refractivity contribution in [2.45, 2.75) is 14.7 Å². The number of nitro groups is 3. The van der Waals surface area contributed by atoms with Gasteiger partial charge in [0.15, 0.2) is 34.9 Å². The van der Waals surface area contributed by atoms with Gasteiger partial charge in [-0.15, -0.1) is 0 Å². The Labute approximate surface area is 643 Å². The molecule has 0 saturated heterocycles. The molecule has 0 unspecified atom stereocenters. The molecule has 0 bridgehead atoms. The first-order valence-corrected chi connectivity index (χ1v) is 33.9. The molecule has 540 valence electrons. The number of hydrogen-bond acceptors (Lipinski definition) is 30. The number of nitrogens with one attached hydrogen (secondary N) is 6. The zero-order valence-electron chi connectivity index (χ0n) is 55.5. The van der Waals surface area contributed by atoms with Gasteiger partial charge in [0.2, 0.25) is 0 Å². The van der Waals surface area contributed by atoms with Crippen LogP contribution in [-0.2, 0) is 39.7 Å². The molecule has 0 aliphatic heterocycles.